The largest absolute Gasteiger partial charge is 0.460 e. The highest BCUT2D eigenvalue weighted by molar-refractivity contribution is 5.70. The lowest BCUT2D eigenvalue weighted by Gasteiger charge is -2.26. The molecule has 0 aromatic rings. The number of nitriles is 1. The molecule has 1 heterocycles. The monoisotopic (exact) mass is 225 g/mol. The summed E-state index contributed by atoms with van der Waals surface area (Å²) in [5.74, 6) is 0.0101. The summed E-state index contributed by atoms with van der Waals surface area (Å²) in [6, 6.07) is 2.08. The summed E-state index contributed by atoms with van der Waals surface area (Å²) in [5, 5.41) is 8.65. The third kappa shape index (κ3) is 4.63. The van der Waals surface area contributed by atoms with Crippen LogP contribution in [-0.4, -0.2) is 24.3 Å². The molecule has 2 atom stereocenters. The molecule has 0 bridgehead atoms. The van der Waals surface area contributed by atoms with Crippen molar-refractivity contribution >= 4 is 5.97 Å². The van der Waals surface area contributed by atoms with Crippen LogP contribution in [0.15, 0.2) is 0 Å². The van der Waals surface area contributed by atoms with E-state index in [0.717, 1.165) is 6.42 Å². The maximum Gasteiger partial charge on any atom is 0.306 e. The second-order valence-electron chi connectivity index (χ2n) is 5.19. The number of ether oxygens (including phenoxy) is 2. The zero-order chi connectivity index (χ0) is 12.2. The Morgan fingerprint density at radius 2 is 2.19 bits per heavy atom. The fraction of sp³-hybridized carbons (Fsp3) is 0.833. The quantitative estimate of drug-likeness (QED) is 0.675. The molecule has 1 fully saturated rings. The topological polar surface area (TPSA) is 59.3 Å². The van der Waals surface area contributed by atoms with Gasteiger partial charge in [0.15, 0.2) is 0 Å². The van der Waals surface area contributed by atoms with E-state index >= 15 is 0 Å². The Morgan fingerprint density at radius 3 is 2.62 bits per heavy atom. The standard InChI is InChI=1S/C12H19NO3/c1-12(2,3)16-11(14)6-9-4-5-10(7-13)15-8-9/h9-10H,4-6,8H2,1-3H3/t9-,10-/m0/s1. The number of esters is 1. The van der Waals surface area contributed by atoms with E-state index in [9.17, 15) is 4.79 Å². The van der Waals surface area contributed by atoms with E-state index in [4.69, 9.17) is 14.7 Å². The lowest BCUT2D eigenvalue weighted by atomic mass is 9.96. The summed E-state index contributed by atoms with van der Waals surface area (Å²) < 4.78 is 10.5. The summed E-state index contributed by atoms with van der Waals surface area (Å²) in [6.07, 6.45) is 1.66. The van der Waals surface area contributed by atoms with Gasteiger partial charge in [-0.3, -0.25) is 4.79 Å². The van der Waals surface area contributed by atoms with E-state index in [2.05, 4.69) is 6.07 Å². The summed E-state index contributed by atoms with van der Waals surface area (Å²) in [4.78, 5) is 11.5. The average molecular weight is 225 g/mol. The molecule has 90 valence electrons. The van der Waals surface area contributed by atoms with Gasteiger partial charge in [0, 0.05) is 0 Å². The minimum absolute atomic E-state index is 0.184. The van der Waals surface area contributed by atoms with E-state index in [-0.39, 0.29) is 18.0 Å². The number of hydrogen-bond acceptors (Lipinski definition) is 4. The van der Waals surface area contributed by atoms with E-state index < -0.39 is 5.60 Å². The van der Waals surface area contributed by atoms with Gasteiger partial charge in [0.05, 0.1) is 19.1 Å². The van der Waals surface area contributed by atoms with Crippen molar-refractivity contribution < 1.29 is 14.3 Å². The highest BCUT2D eigenvalue weighted by atomic mass is 16.6. The van der Waals surface area contributed by atoms with E-state index in [1.807, 2.05) is 20.8 Å². The molecule has 1 aliphatic heterocycles. The number of nitrogens with zero attached hydrogens (tertiary/aromatic N) is 1. The molecule has 0 unspecified atom stereocenters. The van der Waals surface area contributed by atoms with Crippen molar-refractivity contribution in [2.24, 2.45) is 5.92 Å². The average Bonchev–Trinajstić information content (AvgIpc) is 2.16. The van der Waals surface area contributed by atoms with E-state index in [1.54, 1.807) is 0 Å². The Bertz CT molecular complexity index is 280. The summed E-state index contributed by atoms with van der Waals surface area (Å²) >= 11 is 0. The van der Waals surface area contributed by atoms with Crippen molar-refractivity contribution in [3.63, 3.8) is 0 Å². The minimum atomic E-state index is -0.429. The molecule has 0 radical (unpaired) electrons. The van der Waals surface area contributed by atoms with Crippen LogP contribution >= 0.6 is 0 Å². The van der Waals surface area contributed by atoms with Crippen LogP contribution in [-0.2, 0) is 14.3 Å². The SMILES string of the molecule is CC(C)(C)OC(=O)C[C@@H]1CC[C@@H](C#N)OC1. The number of rotatable bonds is 2. The summed E-state index contributed by atoms with van der Waals surface area (Å²) in [6.45, 7) is 6.05. The van der Waals surface area contributed by atoms with Crippen molar-refractivity contribution in [1.29, 1.82) is 5.26 Å². The van der Waals surface area contributed by atoms with E-state index in [0.29, 0.717) is 19.4 Å². The van der Waals surface area contributed by atoms with E-state index in [1.165, 1.54) is 0 Å². The van der Waals surface area contributed by atoms with Gasteiger partial charge in [0.25, 0.3) is 0 Å². The van der Waals surface area contributed by atoms with Crippen LogP contribution in [0.2, 0.25) is 0 Å². The number of hydrogen-bond donors (Lipinski definition) is 0. The van der Waals surface area contributed by atoms with Crippen molar-refractivity contribution in [3.8, 4) is 6.07 Å². The first-order chi connectivity index (χ1) is 7.40. The van der Waals surface area contributed by atoms with Crippen LogP contribution in [0.5, 0.6) is 0 Å². The lowest BCUT2D eigenvalue weighted by molar-refractivity contribution is -0.157. The van der Waals surface area contributed by atoms with Crippen LogP contribution in [0.4, 0.5) is 0 Å². The molecule has 0 aliphatic carbocycles. The highest BCUT2D eigenvalue weighted by Crippen LogP contribution is 2.22. The van der Waals surface area contributed by atoms with Crippen molar-refractivity contribution in [2.75, 3.05) is 6.61 Å². The van der Waals surface area contributed by atoms with Gasteiger partial charge in [-0.1, -0.05) is 0 Å². The van der Waals surface area contributed by atoms with Crippen LogP contribution in [0, 0.1) is 17.2 Å². The second kappa shape index (κ2) is 5.31. The Morgan fingerprint density at radius 1 is 1.50 bits per heavy atom. The zero-order valence-electron chi connectivity index (χ0n) is 10.2. The normalized spacial score (nSPS) is 25.9. The molecule has 0 saturated carbocycles. The first-order valence-corrected chi connectivity index (χ1v) is 5.64. The molecule has 16 heavy (non-hydrogen) atoms. The highest BCUT2D eigenvalue weighted by Gasteiger charge is 2.25. The second-order valence-corrected chi connectivity index (χ2v) is 5.19. The van der Waals surface area contributed by atoms with Crippen LogP contribution < -0.4 is 0 Å². The molecule has 0 amide bonds. The number of carbonyl (C=O) groups is 1. The summed E-state index contributed by atoms with van der Waals surface area (Å²) in [5.41, 5.74) is -0.429. The van der Waals surface area contributed by atoms with Gasteiger partial charge in [-0.2, -0.15) is 5.26 Å². The van der Waals surface area contributed by atoms with Crippen molar-refractivity contribution in [1.82, 2.24) is 0 Å². The number of carbonyl (C=O) groups excluding carboxylic acids is 1. The smallest absolute Gasteiger partial charge is 0.306 e. The maximum absolute atomic E-state index is 11.5. The lowest BCUT2D eigenvalue weighted by Crippen LogP contribution is -2.29. The van der Waals surface area contributed by atoms with Crippen LogP contribution in [0.1, 0.15) is 40.0 Å². The van der Waals surface area contributed by atoms with Gasteiger partial charge in [0.2, 0.25) is 0 Å². The predicted molar refractivity (Wildman–Crippen MR) is 58.5 cm³/mol. The molecule has 0 aromatic carbocycles. The molecule has 1 aliphatic rings. The fourth-order valence-electron chi connectivity index (χ4n) is 1.69. The van der Waals surface area contributed by atoms with Gasteiger partial charge >= 0.3 is 5.97 Å². The molecule has 0 spiro atoms. The Kier molecular flexibility index (Phi) is 4.31. The van der Waals surface area contributed by atoms with Crippen LogP contribution in [0.25, 0.3) is 0 Å². The molecule has 0 N–H and O–H groups in total. The first-order valence-electron chi connectivity index (χ1n) is 5.64. The Hall–Kier alpha value is -1.08. The van der Waals surface area contributed by atoms with Crippen LogP contribution in [0.3, 0.4) is 0 Å². The Balaban J connectivity index is 2.29. The summed E-state index contributed by atoms with van der Waals surface area (Å²) in [7, 11) is 0. The van der Waals surface area contributed by atoms with Gasteiger partial charge in [-0.25, -0.2) is 0 Å². The van der Waals surface area contributed by atoms with Gasteiger partial charge < -0.3 is 9.47 Å². The molecular weight excluding hydrogens is 206 g/mol. The van der Waals surface area contributed by atoms with Crippen molar-refractivity contribution in [3.05, 3.63) is 0 Å². The predicted octanol–water partition coefficient (Wildman–Crippen LogP) is 2.04. The molecular formula is C12H19NO3. The third-order valence-corrected chi connectivity index (χ3v) is 2.39. The van der Waals surface area contributed by atoms with Crippen molar-refractivity contribution in [2.45, 2.75) is 51.7 Å². The zero-order valence-corrected chi connectivity index (χ0v) is 10.2. The molecule has 0 aromatic heterocycles. The van der Waals surface area contributed by atoms with Gasteiger partial charge in [-0.05, 0) is 39.5 Å². The molecule has 4 nitrogen and oxygen atoms in total. The molecule has 4 heteroatoms. The van der Waals surface area contributed by atoms with Gasteiger partial charge in [-0.15, -0.1) is 0 Å². The van der Waals surface area contributed by atoms with Gasteiger partial charge in [0.1, 0.15) is 11.7 Å². The minimum Gasteiger partial charge on any atom is -0.460 e. The third-order valence-electron chi connectivity index (χ3n) is 2.39. The maximum atomic E-state index is 11.5. The Labute approximate surface area is 96.5 Å². The molecule has 1 saturated heterocycles. The first kappa shape index (κ1) is 13.0. The fourth-order valence-corrected chi connectivity index (χ4v) is 1.69. The molecule has 1 rings (SSSR count).